The van der Waals surface area contributed by atoms with Gasteiger partial charge in [-0.3, -0.25) is 0 Å². The number of nitrogens with two attached hydrogens (primary N) is 1. The van der Waals surface area contributed by atoms with Gasteiger partial charge in [0, 0.05) is 6.54 Å². The lowest BCUT2D eigenvalue weighted by Crippen LogP contribution is -2.21. The fourth-order valence-electron chi connectivity index (χ4n) is 2.02. The zero-order valence-electron chi connectivity index (χ0n) is 7.84. The fraction of sp³-hybridized carbons (Fsp3) is 0.667. The van der Waals surface area contributed by atoms with Gasteiger partial charge in [0.05, 0.1) is 5.69 Å². The molecule has 78 valence electrons. The molecular formula is C9H13BrClN3. The Bertz CT molecular complexity index is 337. The van der Waals surface area contributed by atoms with Gasteiger partial charge in [0.15, 0.2) is 0 Å². The van der Waals surface area contributed by atoms with Crippen LogP contribution in [0.1, 0.15) is 18.5 Å². The van der Waals surface area contributed by atoms with Gasteiger partial charge in [0.2, 0.25) is 5.28 Å². The SMILES string of the molecule is NCCC1CCn2c(Cl)nc(Br)c2C1. The van der Waals surface area contributed by atoms with Gasteiger partial charge in [-0.15, -0.1) is 0 Å². The molecule has 1 unspecified atom stereocenters. The molecule has 0 bridgehead atoms. The van der Waals surface area contributed by atoms with Crippen molar-refractivity contribution in [3.05, 3.63) is 15.6 Å². The molecular weight excluding hydrogens is 265 g/mol. The number of imidazole rings is 1. The van der Waals surface area contributed by atoms with Crippen molar-refractivity contribution in [2.24, 2.45) is 11.7 Å². The van der Waals surface area contributed by atoms with E-state index < -0.39 is 0 Å². The minimum Gasteiger partial charge on any atom is -0.330 e. The van der Waals surface area contributed by atoms with Crippen LogP contribution in [0.4, 0.5) is 0 Å². The second kappa shape index (κ2) is 4.21. The summed E-state index contributed by atoms with van der Waals surface area (Å²) in [6.45, 7) is 1.74. The van der Waals surface area contributed by atoms with Crippen LogP contribution in [-0.2, 0) is 13.0 Å². The van der Waals surface area contributed by atoms with Crippen LogP contribution in [0.25, 0.3) is 0 Å². The highest BCUT2D eigenvalue weighted by Gasteiger charge is 2.23. The Morgan fingerprint density at radius 3 is 3.14 bits per heavy atom. The highest BCUT2D eigenvalue weighted by Crippen LogP contribution is 2.30. The zero-order chi connectivity index (χ0) is 10.1. The van der Waals surface area contributed by atoms with E-state index in [1.807, 2.05) is 0 Å². The first-order valence-corrected chi connectivity index (χ1v) is 6.00. The summed E-state index contributed by atoms with van der Waals surface area (Å²) >= 11 is 9.42. The predicted molar refractivity (Wildman–Crippen MR) is 60.4 cm³/mol. The van der Waals surface area contributed by atoms with Crippen LogP contribution in [0, 0.1) is 5.92 Å². The molecule has 0 saturated carbocycles. The van der Waals surface area contributed by atoms with Gasteiger partial charge < -0.3 is 10.3 Å². The maximum absolute atomic E-state index is 5.98. The molecule has 0 fully saturated rings. The Hall–Kier alpha value is -0.0600. The van der Waals surface area contributed by atoms with E-state index in [0.29, 0.717) is 11.2 Å². The van der Waals surface area contributed by atoms with Crippen LogP contribution in [0.15, 0.2) is 4.60 Å². The Balaban J connectivity index is 2.21. The molecule has 0 radical (unpaired) electrons. The maximum atomic E-state index is 5.98. The summed E-state index contributed by atoms with van der Waals surface area (Å²) in [5.74, 6) is 0.691. The summed E-state index contributed by atoms with van der Waals surface area (Å²) in [5, 5.41) is 0.595. The summed E-state index contributed by atoms with van der Waals surface area (Å²) in [4.78, 5) is 4.20. The second-order valence-corrected chi connectivity index (χ2v) is 4.80. The largest absolute Gasteiger partial charge is 0.330 e. The first-order valence-electron chi connectivity index (χ1n) is 4.83. The Kier molecular flexibility index (Phi) is 3.14. The lowest BCUT2D eigenvalue weighted by Gasteiger charge is -2.23. The normalized spacial score (nSPS) is 20.9. The fourth-order valence-corrected chi connectivity index (χ4v) is 2.94. The molecule has 14 heavy (non-hydrogen) atoms. The van der Waals surface area contributed by atoms with E-state index in [1.54, 1.807) is 0 Å². The van der Waals surface area contributed by atoms with Gasteiger partial charge in [-0.1, -0.05) is 0 Å². The van der Waals surface area contributed by atoms with Gasteiger partial charge in [-0.25, -0.2) is 4.98 Å². The summed E-state index contributed by atoms with van der Waals surface area (Å²) in [5.41, 5.74) is 6.78. The molecule has 0 aromatic carbocycles. The maximum Gasteiger partial charge on any atom is 0.204 e. The van der Waals surface area contributed by atoms with Crippen molar-refractivity contribution in [1.29, 1.82) is 0 Å². The molecule has 2 rings (SSSR count). The number of fused-ring (bicyclic) bond motifs is 1. The van der Waals surface area contributed by atoms with Crippen molar-refractivity contribution >= 4 is 27.5 Å². The highest BCUT2D eigenvalue weighted by molar-refractivity contribution is 9.10. The molecule has 5 heteroatoms. The molecule has 1 aliphatic heterocycles. The molecule has 0 saturated heterocycles. The summed E-state index contributed by atoms with van der Waals surface area (Å²) in [6, 6.07) is 0. The third-order valence-electron chi connectivity index (χ3n) is 2.79. The van der Waals surface area contributed by atoms with Gasteiger partial charge in [-0.05, 0) is 59.3 Å². The van der Waals surface area contributed by atoms with Crippen molar-refractivity contribution in [3.8, 4) is 0 Å². The van der Waals surface area contributed by atoms with Crippen LogP contribution >= 0.6 is 27.5 Å². The van der Waals surface area contributed by atoms with Crippen LogP contribution in [0.5, 0.6) is 0 Å². The number of hydrogen-bond donors (Lipinski definition) is 1. The van der Waals surface area contributed by atoms with Crippen LogP contribution in [0.3, 0.4) is 0 Å². The number of nitrogens with zero attached hydrogens (tertiary/aromatic N) is 2. The molecule has 1 aliphatic rings. The molecule has 1 aromatic heterocycles. The summed E-state index contributed by atoms with van der Waals surface area (Å²) in [7, 11) is 0. The van der Waals surface area contributed by atoms with Crippen LogP contribution in [-0.4, -0.2) is 16.1 Å². The Morgan fingerprint density at radius 1 is 1.64 bits per heavy atom. The smallest absolute Gasteiger partial charge is 0.204 e. The zero-order valence-corrected chi connectivity index (χ0v) is 10.2. The molecule has 3 nitrogen and oxygen atoms in total. The average molecular weight is 279 g/mol. The third-order valence-corrected chi connectivity index (χ3v) is 3.72. The number of halogens is 2. The lowest BCUT2D eigenvalue weighted by atomic mass is 9.93. The second-order valence-electron chi connectivity index (χ2n) is 3.71. The van der Waals surface area contributed by atoms with E-state index in [-0.39, 0.29) is 0 Å². The van der Waals surface area contributed by atoms with Gasteiger partial charge in [-0.2, -0.15) is 0 Å². The quantitative estimate of drug-likeness (QED) is 0.901. The first kappa shape index (κ1) is 10.5. The molecule has 2 N–H and O–H groups in total. The number of hydrogen-bond acceptors (Lipinski definition) is 2. The molecule has 1 aromatic rings. The molecule has 1 atom stereocenters. The lowest BCUT2D eigenvalue weighted by molar-refractivity contribution is 0.371. The molecule has 0 aliphatic carbocycles. The molecule has 0 spiro atoms. The van der Waals surface area contributed by atoms with Crippen molar-refractivity contribution in [1.82, 2.24) is 9.55 Å². The van der Waals surface area contributed by atoms with E-state index in [0.717, 1.165) is 37.0 Å². The Morgan fingerprint density at radius 2 is 2.43 bits per heavy atom. The van der Waals surface area contributed by atoms with Crippen molar-refractivity contribution in [2.75, 3.05) is 6.54 Å². The Labute approximate surface area is 96.8 Å². The summed E-state index contributed by atoms with van der Waals surface area (Å²) < 4.78 is 2.97. The van der Waals surface area contributed by atoms with Crippen LogP contribution in [0.2, 0.25) is 5.28 Å². The number of aromatic nitrogens is 2. The van der Waals surface area contributed by atoms with E-state index >= 15 is 0 Å². The summed E-state index contributed by atoms with van der Waals surface area (Å²) in [6.07, 6.45) is 3.29. The van der Waals surface area contributed by atoms with E-state index in [9.17, 15) is 0 Å². The predicted octanol–water partition coefficient (Wildman–Crippen LogP) is 2.21. The van der Waals surface area contributed by atoms with Crippen molar-refractivity contribution < 1.29 is 0 Å². The van der Waals surface area contributed by atoms with Crippen molar-refractivity contribution in [2.45, 2.75) is 25.8 Å². The topological polar surface area (TPSA) is 43.8 Å². The minimum absolute atomic E-state index is 0.595. The number of rotatable bonds is 2. The van der Waals surface area contributed by atoms with Gasteiger partial charge in [0.1, 0.15) is 4.60 Å². The molecule has 0 amide bonds. The third kappa shape index (κ3) is 1.83. The standard InChI is InChI=1S/C9H13BrClN3/c10-8-7-5-6(1-3-12)2-4-14(7)9(11)13-8/h6H,1-5,12H2. The van der Waals surface area contributed by atoms with Gasteiger partial charge >= 0.3 is 0 Å². The average Bonchev–Trinajstić information content (AvgIpc) is 2.43. The monoisotopic (exact) mass is 277 g/mol. The minimum atomic E-state index is 0.595. The molecule has 2 heterocycles. The van der Waals surface area contributed by atoms with E-state index in [2.05, 4.69) is 25.5 Å². The van der Waals surface area contributed by atoms with Crippen molar-refractivity contribution in [3.63, 3.8) is 0 Å². The first-order chi connectivity index (χ1) is 6.72. The van der Waals surface area contributed by atoms with Gasteiger partial charge in [0.25, 0.3) is 0 Å². The van der Waals surface area contributed by atoms with E-state index in [1.165, 1.54) is 5.69 Å². The highest BCUT2D eigenvalue weighted by atomic mass is 79.9. The van der Waals surface area contributed by atoms with E-state index in [4.69, 9.17) is 17.3 Å². The van der Waals surface area contributed by atoms with Crippen LogP contribution < -0.4 is 5.73 Å².